The maximum atomic E-state index is 12.7. The third-order valence-electron chi connectivity index (χ3n) is 3.72. The summed E-state index contributed by atoms with van der Waals surface area (Å²) in [6.07, 6.45) is -3.10. The number of rotatable bonds is 3. The van der Waals surface area contributed by atoms with E-state index in [0.29, 0.717) is 24.9 Å². The summed E-state index contributed by atoms with van der Waals surface area (Å²) in [6.45, 7) is 1.04. The average Bonchev–Trinajstić information content (AvgIpc) is 2.39. The standard InChI is InChI=1S/C14H16F3NO2/c15-14(16,17)11-4-1-3-10(7-11)8-13(12(19)20)5-2-6-18-9-13/h1,3-4,7,18H,2,5-6,8-9H2,(H,19,20). The Balaban J connectivity index is 2.25. The molecule has 2 N–H and O–H groups in total. The van der Waals surface area contributed by atoms with Gasteiger partial charge in [0.2, 0.25) is 0 Å². The van der Waals surface area contributed by atoms with Crippen LogP contribution in [0.5, 0.6) is 0 Å². The van der Waals surface area contributed by atoms with Gasteiger partial charge in [0.25, 0.3) is 0 Å². The first-order chi connectivity index (χ1) is 9.33. The van der Waals surface area contributed by atoms with Gasteiger partial charge in [-0.05, 0) is 37.4 Å². The van der Waals surface area contributed by atoms with Gasteiger partial charge in [-0.1, -0.05) is 18.2 Å². The Morgan fingerprint density at radius 2 is 2.15 bits per heavy atom. The van der Waals surface area contributed by atoms with Crippen molar-refractivity contribution in [3.8, 4) is 0 Å². The number of carbonyl (C=O) groups is 1. The first kappa shape index (κ1) is 14.8. The SMILES string of the molecule is O=C(O)C1(Cc2cccc(C(F)(F)F)c2)CCCNC1. The molecule has 0 bridgehead atoms. The third-order valence-corrected chi connectivity index (χ3v) is 3.72. The second kappa shape index (κ2) is 5.44. The first-order valence-corrected chi connectivity index (χ1v) is 6.44. The van der Waals surface area contributed by atoms with Gasteiger partial charge in [0, 0.05) is 6.54 Å². The number of carboxylic acids is 1. The highest BCUT2D eigenvalue weighted by molar-refractivity contribution is 5.75. The maximum absolute atomic E-state index is 12.7. The molecule has 0 radical (unpaired) electrons. The molecule has 1 aromatic rings. The van der Waals surface area contributed by atoms with Crippen molar-refractivity contribution in [1.29, 1.82) is 0 Å². The Bertz CT molecular complexity index is 493. The van der Waals surface area contributed by atoms with Gasteiger partial charge in [0.1, 0.15) is 0 Å². The highest BCUT2D eigenvalue weighted by atomic mass is 19.4. The second-order valence-corrected chi connectivity index (χ2v) is 5.24. The van der Waals surface area contributed by atoms with Crippen molar-refractivity contribution in [2.45, 2.75) is 25.4 Å². The van der Waals surface area contributed by atoms with Crippen LogP contribution in [-0.4, -0.2) is 24.2 Å². The van der Waals surface area contributed by atoms with E-state index in [0.717, 1.165) is 18.7 Å². The second-order valence-electron chi connectivity index (χ2n) is 5.24. The zero-order chi connectivity index (χ0) is 14.8. The van der Waals surface area contributed by atoms with Gasteiger partial charge in [-0.2, -0.15) is 13.2 Å². The predicted octanol–water partition coefficient (Wildman–Crippen LogP) is 2.70. The molecule has 0 amide bonds. The van der Waals surface area contributed by atoms with Gasteiger partial charge in [-0.25, -0.2) is 0 Å². The number of alkyl halides is 3. The van der Waals surface area contributed by atoms with Crippen molar-refractivity contribution >= 4 is 5.97 Å². The minimum absolute atomic E-state index is 0.110. The van der Waals surface area contributed by atoms with Gasteiger partial charge in [-0.15, -0.1) is 0 Å². The lowest BCUT2D eigenvalue weighted by Gasteiger charge is -2.34. The zero-order valence-electron chi connectivity index (χ0n) is 10.8. The van der Waals surface area contributed by atoms with Crippen molar-refractivity contribution in [2.24, 2.45) is 5.41 Å². The van der Waals surface area contributed by atoms with Gasteiger partial charge in [-0.3, -0.25) is 4.79 Å². The summed E-state index contributed by atoms with van der Waals surface area (Å²) in [5.74, 6) is -0.956. The Kier molecular flexibility index (Phi) is 4.04. The van der Waals surface area contributed by atoms with Crippen molar-refractivity contribution in [3.05, 3.63) is 35.4 Å². The number of hydrogen-bond acceptors (Lipinski definition) is 2. The smallest absolute Gasteiger partial charge is 0.416 e. The number of aliphatic carboxylic acids is 1. The number of benzene rings is 1. The molecule has 0 aliphatic carbocycles. The molecule has 2 rings (SSSR count). The fourth-order valence-electron chi connectivity index (χ4n) is 2.63. The lowest BCUT2D eigenvalue weighted by Crippen LogP contribution is -2.47. The van der Waals surface area contributed by atoms with E-state index in [-0.39, 0.29) is 6.42 Å². The Morgan fingerprint density at radius 3 is 2.70 bits per heavy atom. The van der Waals surface area contributed by atoms with Crippen LogP contribution in [0.1, 0.15) is 24.0 Å². The fourth-order valence-corrected chi connectivity index (χ4v) is 2.63. The lowest BCUT2D eigenvalue weighted by atomic mass is 9.75. The van der Waals surface area contributed by atoms with Crippen LogP contribution in [0.4, 0.5) is 13.2 Å². The predicted molar refractivity (Wildman–Crippen MR) is 67.3 cm³/mol. The average molecular weight is 287 g/mol. The van der Waals surface area contributed by atoms with Gasteiger partial charge in [0.15, 0.2) is 0 Å². The monoisotopic (exact) mass is 287 g/mol. The number of nitrogens with one attached hydrogen (secondary N) is 1. The summed E-state index contributed by atoms with van der Waals surface area (Å²) in [6, 6.07) is 4.91. The topological polar surface area (TPSA) is 49.3 Å². The van der Waals surface area contributed by atoms with Crippen LogP contribution in [0.2, 0.25) is 0 Å². The summed E-state index contributed by atoms with van der Waals surface area (Å²) in [7, 11) is 0. The summed E-state index contributed by atoms with van der Waals surface area (Å²) in [5, 5.41) is 12.4. The van der Waals surface area contributed by atoms with E-state index in [1.807, 2.05) is 0 Å². The quantitative estimate of drug-likeness (QED) is 0.898. The van der Waals surface area contributed by atoms with E-state index in [9.17, 15) is 23.1 Å². The van der Waals surface area contributed by atoms with Crippen molar-refractivity contribution < 1.29 is 23.1 Å². The molecule has 1 saturated heterocycles. The van der Waals surface area contributed by atoms with Crippen LogP contribution in [0, 0.1) is 5.41 Å². The molecule has 1 aliphatic heterocycles. The van der Waals surface area contributed by atoms with Crippen molar-refractivity contribution in [3.63, 3.8) is 0 Å². The molecule has 1 fully saturated rings. The van der Waals surface area contributed by atoms with Crippen LogP contribution in [0.3, 0.4) is 0 Å². The van der Waals surface area contributed by atoms with Gasteiger partial charge < -0.3 is 10.4 Å². The highest BCUT2D eigenvalue weighted by Gasteiger charge is 2.40. The molecule has 6 heteroatoms. The molecule has 0 aromatic heterocycles. The summed E-state index contributed by atoms with van der Waals surface area (Å²) >= 11 is 0. The molecule has 1 aliphatic rings. The molecule has 0 spiro atoms. The van der Waals surface area contributed by atoms with E-state index in [4.69, 9.17) is 0 Å². The Morgan fingerprint density at radius 1 is 1.40 bits per heavy atom. The molecule has 1 unspecified atom stereocenters. The molecule has 1 atom stereocenters. The number of carboxylic acid groups (broad SMARTS) is 1. The normalized spacial score (nSPS) is 23.6. The molecule has 110 valence electrons. The lowest BCUT2D eigenvalue weighted by molar-refractivity contribution is -0.150. The van der Waals surface area contributed by atoms with Crippen molar-refractivity contribution in [1.82, 2.24) is 5.32 Å². The summed E-state index contributed by atoms with van der Waals surface area (Å²) < 4.78 is 38.0. The number of piperidine rings is 1. The van der Waals surface area contributed by atoms with Gasteiger partial charge in [0.05, 0.1) is 11.0 Å². The number of hydrogen-bond donors (Lipinski definition) is 2. The molecular formula is C14H16F3NO2. The summed E-state index contributed by atoms with van der Waals surface area (Å²) in [4.78, 5) is 11.5. The summed E-state index contributed by atoms with van der Waals surface area (Å²) in [5.41, 5.74) is -1.34. The minimum Gasteiger partial charge on any atom is -0.481 e. The van der Waals surface area contributed by atoms with Crippen LogP contribution >= 0.6 is 0 Å². The maximum Gasteiger partial charge on any atom is 0.416 e. The Hall–Kier alpha value is -1.56. The number of halogens is 3. The third kappa shape index (κ3) is 3.12. The van der Waals surface area contributed by atoms with Crippen LogP contribution in [-0.2, 0) is 17.4 Å². The Labute approximate surface area is 114 Å². The first-order valence-electron chi connectivity index (χ1n) is 6.44. The van der Waals surface area contributed by atoms with E-state index in [2.05, 4.69) is 5.32 Å². The minimum atomic E-state index is -4.41. The molecule has 20 heavy (non-hydrogen) atoms. The van der Waals surface area contributed by atoms with E-state index < -0.39 is 23.1 Å². The zero-order valence-corrected chi connectivity index (χ0v) is 10.8. The molecule has 1 heterocycles. The van der Waals surface area contributed by atoms with E-state index in [1.165, 1.54) is 6.07 Å². The van der Waals surface area contributed by atoms with Crippen LogP contribution in [0.25, 0.3) is 0 Å². The largest absolute Gasteiger partial charge is 0.481 e. The fraction of sp³-hybridized carbons (Fsp3) is 0.500. The van der Waals surface area contributed by atoms with E-state index >= 15 is 0 Å². The van der Waals surface area contributed by atoms with Gasteiger partial charge >= 0.3 is 12.1 Å². The molecular weight excluding hydrogens is 271 g/mol. The molecule has 1 aromatic carbocycles. The highest BCUT2D eigenvalue weighted by Crippen LogP contribution is 2.34. The van der Waals surface area contributed by atoms with E-state index in [1.54, 1.807) is 6.07 Å². The van der Waals surface area contributed by atoms with Crippen molar-refractivity contribution in [2.75, 3.05) is 13.1 Å². The van der Waals surface area contributed by atoms with Crippen LogP contribution in [0.15, 0.2) is 24.3 Å². The molecule has 3 nitrogen and oxygen atoms in total. The van der Waals surface area contributed by atoms with Crippen LogP contribution < -0.4 is 5.32 Å². The molecule has 0 saturated carbocycles.